The molecule has 0 spiro atoms. The molecule has 9 heteroatoms. The predicted molar refractivity (Wildman–Crippen MR) is 129 cm³/mol. The maximum Gasteiger partial charge on any atom is 0.326 e. The highest BCUT2D eigenvalue weighted by Crippen LogP contribution is 2.39. The number of thioether (sulfide) groups is 1. The van der Waals surface area contributed by atoms with Gasteiger partial charge in [0.05, 0.1) is 22.2 Å². The molecule has 1 unspecified atom stereocenters. The maximum absolute atomic E-state index is 13.6. The Kier molecular flexibility index (Phi) is 5.74. The number of hydrogen-bond donors (Lipinski definition) is 1. The van der Waals surface area contributed by atoms with Gasteiger partial charge in [-0.1, -0.05) is 29.4 Å². The van der Waals surface area contributed by atoms with E-state index in [9.17, 15) is 9.18 Å². The van der Waals surface area contributed by atoms with E-state index in [1.807, 2.05) is 55.0 Å². The van der Waals surface area contributed by atoms with Crippen molar-refractivity contribution in [1.82, 2.24) is 15.5 Å². The number of nitrogens with one attached hydrogen (secondary N) is 1. The number of carbonyl (C=O) groups is 1. The Morgan fingerprint density at radius 3 is 2.70 bits per heavy atom. The molecule has 0 radical (unpaired) electrons. The summed E-state index contributed by atoms with van der Waals surface area (Å²) >= 11 is 3.11. The third-order valence-electron chi connectivity index (χ3n) is 5.40. The molecular formula is C24H19FN4O2S2. The van der Waals surface area contributed by atoms with Crippen molar-refractivity contribution >= 4 is 40.4 Å². The molecule has 0 saturated carbocycles. The van der Waals surface area contributed by atoms with E-state index >= 15 is 0 Å². The van der Waals surface area contributed by atoms with Crippen LogP contribution in [-0.2, 0) is 0 Å². The number of anilines is 1. The lowest BCUT2D eigenvalue weighted by Crippen LogP contribution is -2.46. The highest BCUT2D eigenvalue weighted by Gasteiger charge is 2.36. The van der Waals surface area contributed by atoms with Gasteiger partial charge >= 0.3 is 6.03 Å². The van der Waals surface area contributed by atoms with Crippen molar-refractivity contribution in [2.45, 2.75) is 17.9 Å². The number of nitrogens with zero attached hydrogens (tertiary/aromatic N) is 3. The number of aromatic nitrogens is 2. The van der Waals surface area contributed by atoms with E-state index in [1.54, 1.807) is 28.8 Å². The lowest BCUT2D eigenvalue weighted by atomic mass is 9.94. The zero-order valence-corrected chi connectivity index (χ0v) is 19.4. The van der Waals surface area contributed by atoms with E-state index in [0.29, 0.717) is 28.5 Å². The van der Waals surface area contributed by atoms with Gasteiger partial charge in [0, 0.05) is 10.6 Å². The van der Waals surface area contributed by atoms with Crippen LogP contribution < -0.4 is 10.2 Å². The average molecular weight is 479 g/mol. The average Bonchev–Trinajstić information content (AvgIpc) is 3.52. The molecule has 4 aromatic rings. The molecule has 1 aliphatic heterocycles. The van der Waals surface area contributed by atoms with E-state index in [0.717, 1.165) is 15.5 Å². The summed E-state index contributed by atoms with van der Waals surface area (Å²) in [5, 5.41) is 9.13. The van der Waals surface area contributed by atoms with Gasteiger partial charge in [-0.3, -0.25) is 4.90 Å². The van der Waals surface area contributed by atoms with Crippen molar-refractivity contribution in [3.05, 3.63) is 89.0 Å². The van der Waals surface area contributed by atoms with Crippen molar-refractivity contribution in [2.24, 2.45) is 0 Å². The molecule has 0 saturated heterocycles. The van der Waals surface area contributed by atoms with E-state index in [1.165, 1.54) is 23.5 Å². The molecule has 166 valence electrons. The second kappa shape index (κ2) is 8.84. The summed E-state index contributed by atoms with van der Waals surface area (Å²) in [6, 6.07) is 16.7. The Bertz CT molecular complexity index is 1330. The summed E-state index contributed by atoms with van der Waals surface area (Å²) in [5.74, 6) is 0.429. The van der Waals surface area contributed by atoms with E-state index in [4.69, 9.17) is 4.52 Å². The summed E-state index contributed by atoms with van der Waals surface area (Å²) in [5.41, 5.74) is 2.76. The Morgan fingerprint density at radius 1 is 1.15 bits per heavy atom. The van der Waals surface area contributed by atoms with Crippen LogP contribution in [0, 0.1) is 5.82 Å². The van der Waals surface area contributed by atoms with E-state index < -0.39 is 6.04 Å². The van der Waals surface area contributed by atoms with Crippen molar-refractivity contribution in [3.8, 4) is 10.7 Å². The predicted octanol–water partition coefficient (Wildman–Crippen LogP) is 6.36. The fourth-order valence-electron chi connectivity index (χ4n) is 3.82. The minimum absolute atomic E-state index is 0.290. The molecule has 1 atom stereocenters. The zero-order valence-electron chi connectivity index (χ0n) is 17.8. The summed E-state index contributed by atoms with van der Waals surface area (Å²) in [6.07, 6.45) is 1.98. The summed E-state index contributed by atoms with van der Waals surface area (Å²) in [7, 11) is 0. The number of allylic oxidation sites excluding steroid dienone is 1. The van der Waals surface area contributed by atoms with E-state index in [2.05, 4.69) is 15.5 Å². The molecule has 5 rings (SSSR count). The third-order valence-corrected chi connectivity index (χ3v) is 6.99. The number of rotatable bonds is 5. The Balaban J connectivity index is 1.66. The SMILES string of the molecule is CSc1cccc(N2C(=O)NC(c3ccc(F)cc3)C(c3nc(-c4cccs4)no3)=C2C)c1. The summed E-state index contributed by atoms with van der Waals surface area (Å²) < 4.78 is 19.3. The molecule has 1 N–H and O–H groups in total. The second-order valence-electron chi connectivity index (χ2n) is 7.37. The third kappa shape index (κ3) is 4.05. The first-order valence-electron chi connectivity index (χ1n) is 10.1. The molecule has 0 bridgehead atoms. The molecule has 2 aromatic carbocycles. The minimum atomic E-state index is -0.574. The van der Waals surface area contributed by atoms with Crippen molar-refractivity contribution in [2.75, 3.05) is 11.2 Å². The Hall–Kier alpha value is -3.43. The first kappa shape index (κ1) is 21.4. The number of hydrogen-bond acceptors (Lipinski definition) is 6. The maximum atomic E-state index is 13.6. The van der Waals surface area contributed by atoms with Crippen LogP contribution in [0.4, 0.5) is 14.9 Å². The minimum Gasteiger partial charge on any atom is -0.334 e. The monoisotopic (exact) mass is 478 g/mol. The largest absolute Gasteiger partial charge is 0.334 e. The lowest BCUT2D eigenvalue weighted by molar-refractivity contribution is 0.244. The lowest BCUT2D eigenvalue weighted by Gasteiger charge is -2.35. The zero-order chi connectivity index (χ0) is 22.9. The molecule has 0 aliphatic carbocycles. The van der Waals surface area contributed by atoms with Gasteiger partial charge in [0.25, 0.3) is 5.89 Å². The molecule has 1 aliphatic rings. The topological polar surface area (TPSA) is 71.3 Å². The van der Waals surface area contributed by atoms with Crippen LogP contribution in [0.15, 0.2) is 81.2 Å². The fraction of sp³-hybridized carbons (Fsp3) is 0.125. The van der Waals surface area contributed by atoms with Gasteiger partial charge < -0.3 is 9.84 Å². The molecule has 3 heterocycles. The smallest absolute Gasteiger partial charge is 0.326 e. The van der Waals surface area contributed by atoms with Crippen LogP contribution in [0.25, 0.3) is 16.3 Å². The van der Waals surface area contributed by atoms with Gasteiger partial charge in [-0.2, -0.15) is 4.98 Å². The second-order valence-corrected chi connectivity index (χ2v) is 9.20. The number of benzene rings is 2. The quantitative estimate of drug-likeness (QED) is 0.338. The van der Waals surface area contributed by atoms with Crippen LogP contribution in [0.1, 0.15) is 24.4 Å². The fourth-order valence-corrected chi connectivity index (χ4v) is 4.93. The Morgan fingerprint density at radius 2 is 1.97 bits per heavy atom. The van der Waals surface area contributed by atoms with Crippen LogP contribution in [0.3, 0.4) is 0 Å². The summed E-state index contributed by atoms with van der Waals surface area (Å²) in [4.78, 5) is 21.4. The highest BCUT2D eigenvalue weighted by molar-refractivity contribution is 7.98. The van der Waals surface area contributed by atoms with Gasteiger partial charge in [0.2, 0.25) is 5.82 Å². The molecule has 33 heavy (non-hydrogen) atoms. The molecule has 0 fully saturated rings. The molecule has 2 aromatic heterocycles. The number of amides is 2. The van der Waals surface area contributed by atoms with E-state index in [-0.39, 0.29) is 11.8 Å². The van der Waals surface area contributed by atoms with Crippen LogP contribution in [0.5, 0.6) is 0 Å². The number of thiophene rings is 1. The number of halogens is 1. The molecule has 2 amide bonds. The van der Waals surface area contributed by atoms with Crippen LogP contribution in [0.2, 0.25) is 0 Å². The normalized spacial score (nSPS) is 16.3. The first-order chi connectivity index (χ1) is 16.0. The van der Waals surface area contributed by atoms with Gasteiger partial charge in [-0.05, 0) is 60.5 Å². The van der Waals surface area contributed by atoms with Gasteiger partial charge in [0.15, 0.2) is 0 Å². The van der Waals surface area contributed by atoms with Gasteiger partial charge in [-0.15, -0.1) is 23.1 Å². The first-order valence-corrected chi connectivity index (χ1v) is 12.2. The number of urea groups is 1. The van der Waals surface area contributed by atoms with Crippen molar-refractivity contribution in [1.29, 1.82) is 0 Å². The number of carbonyl (C=O) groups excluding carboxylic acids is 1. The van der Waals surface area contributed by atoms with Crippen molar-refractivity contribution in [3.63, 3.8) is 0 Å². The molecular weight excluding hydrogens is 459 g/mol. The van der Waals surface area contributed by atoms with Gasteiger partial charge in [-0.25, -0.2) is 9.18 Å². The Labute approximate surface area is 198 Å². The summed E-state index contributed by atoms with van der Waals surface area (Å²) in [6.45, 7) is 1.85. The highest BCUT2D eigenvalue weighted by atomic mass is 32.2. The molecule has 6 nitrogen and oxygen atoms in total. The van der Waals surface area contributed by atoms with Crippen LogP contribution >= 0.6 is 23.1 Å². The van der Waals surface area contributed by atoms with Gasteiger partial charge in [0.1, 0.15) is 5.82 Å². The van der Waals surface area contributed by atoms with Crippen molar-refractivity contribution < 1.29 is 13.7 Å². The van der Waals surface area contributed by atoms with Crippen LogP contribution in [-0.4, -0.2) is 22.4 Å². The standard InChI is InChI=1S/C24H19FN4O2S2/c1-14-20(23-27-22(28-31-23)19-7-4-12-33-19)21(15-8-10-16(25)11-9-15)26-24(30)29(14)17-5-3-6-18(13-17)32-2/h3-13,21H,1-2H3,(H,26,30).